The molecule has 3 nitrogen and oxygen atoms in total. The Bertz CT molecular complexity index is 177. The van der Waals surface area contributed by atoms with Gasteiger partial charge in [-0.1, -0.05) is 39.5 Å². The normalized spacial score (nSPS) is 10.7. The van der Waals surface area contributed by atoms with Crippen LogP contribution in [-0.4, -0.2) is 19.5 Å². The van der Waals surface area contributed by atoms with Gasteiger partial charge in [0.2, 0.25) is 0 Å². The second-order valence-electron chi connectivity index (χ2n) is 4.28. The maximum atomic E-state index is 8.57. The molecule has 0 aromatic rings. The lowest BCUT2D eigenvalue weighted by Gasteiger charge is -2.17. The van der Waals surface area contributed by atoms with Crippen molar-refractivity contribution in [3.05, 3.63) is 0 Å². The third-order valence-electron chi connectivity index (χ3n) is 2.60. The van der Waals surface area contributed by atoms with Gasteiger partial charge in [-0.25, -0.2) is 0 Å². The molecule has 0 unspecified atom stereocenters. The van der Waals surface area contributed by atoms with Gasteiger partial charge in [-0.05, 0) is 12.8 Å². The molecule has 0 saturated carbocycles. The van der Waals surface area contributed by atoms with Gasteiger partial charge in [0.05, 0.1) is 6.07 Å². The fourth-order valence-electron chi connectivity index (χ4n) is 1.53. The Balaban J connectivity index is 3.60. The molecule has 0 aromatic carbocycles. The quantitative estimate of drug-likeness (QED) is 0.382. The van der Waals surface area contributed by atoms with Crippen LogP contribution in [-0.2, 0) is 9.47 Å². The van der Waals surface area contributed by atoms with E-state index in [9.17, 15) is 0 Å². The second kappa shape index (κ2) is 13.5. The minimum atomic E-state index is -0.177. The van der Waals surface area contributed by atoms with Crippen LogP contribution in [0, 0.1) is 11.3 Å². The van der Waals surface area contributed by atoms with Crippen LogP contribution >= 0.6 is 0 Å². The standard InChI is InChI=1S/C14H27NO2/c1-3-5-7-12-16-14(10-9-11-15)17-13-8-6-4-2/h14H,3-10,12-13H2,1-2H3. The monoisotopic (exact) mass is 241 g/mol. The van der Waals surface area contributed by atoms with E-state index in [0.717, 1.165) is 26.1 Å². The fourth-order valence-corrected chi connectivity index (χ4v) is 1.53. The number of nitriles is 1. The van der Waals surface area contributed by atoms with E-state index in [1.54, 1.807) is 0 Å². The van der Waals surface area contributed by atoms with Crippen LogP contribution in [0.3, 0.4) is 0 Å². The van der Waals surface area contributed by atoms with Crippen molar-refractivity contribution in [1.29, 1.82) is 5.26 Å². The highest BCUT2D eigenvalue weighted by Crippen LogP contribution is 2.07. The van der Waals surface area contributed by atoms with Gasteiger partial charge in [-0.2, -0.15) is 5.26 Å². The van der Waals surface area contributed by atoms with Gasteiger partial charge in [0.1, 0.15) is 0 Å². The van der Waals surface area contributed by atoms with Crippen molar-refractivity contribution in [2.75, 3.05) is 13.2 Å². The molecule has 0 heterocycles. The Labute approximate surface area is 106 Å². The molecule has 0 atom stereocenters. The summed E-state index contributed by atoms with van der Waals surface area (Å²) >= 11 is 0. The van der Waals surface area contributed by atoms with Gasteiger partial charge in [0.25, 0.3) is 0 Å². The third kappa shape index (κ3) is 11.7. The lowest BCUT2D eigenvalue weighted by atomic mass is 10.2. The molecule has 0 fully saturated rings. The van der Waals surface area contributed by atoms with Crippen molar-refractivity contribution in [3.8, 4) is 6.07 Å². The van der Waals surface area contributed by atoms with E-state index in [-0.39, 0.29) is 6.29 Å². The van der Waals surface area contributed by atoms with E-state index in [2.05, 4.69) is 19.9 Å². The SMILES string of the molecule is CCCCCOC(CCC#N)OCCCCC. The fraction of sp³-hybridized carbons (Fsp3) is 0.929. The zero-order valence-corrected chi connectivity index (χ0v) is 11.4. The number of rotatable bonds is 12. The van der Waals surface area contributed by atoms with Crippen LogP contribution < -0.4 is 0 Å². The first kappa shape index (κ1) is 16.4. The molecule has 0 spiro atoms. The summed E-state index contributed by atoms with van der Waals surface area (Å²) in [6.45, 7) is 5.85. The van der Waals surface area contributed by atoms with Crippen molar-refractivity contribution in [1.82, 2.24) is 0 Å². The summed E-state index contributed by atoms with van der Waals surface area (Å²) in [6, 6.07) is 2.14. The largest absolute Gasteiger partial charge is 0.353 e. The van der Waals surface area contributed by atoms with Crippen molar-refractivity contribution in [2.45, 2.75) is 71.5 Å². The Morgan fingerprint density at radius 3 is 1.88 bits per heavy atom. The summed E-state index contributed by atoms with van der Waals surface area (Å²) < 4.78 is 11.3. The minimum Gasteiger partial charge on any atom is -0.353 e. The predicted molar refractivity (Wildman–Crippen MR) is 69.6 cm³/mol. The molecule has 0 aliphatic rings. The molecule has 0 saturated heterocycles. The van der Waals surface area contributed by atoms with E-state index in [0.29, 0.717) is 12.8 Å². The lowest BCUT2D eigenvalue weighted by molar-refractivity contribution is -0.146. The van der Waals surface area contributed by atoms with Crippen LogP contribution in [0.2, 0.25) is 0 Å². The second-order valence-corrected chi connectivity index (χ2v) is 4.28. The van der Waals surface area contributed by atoms with E-state index in [1.165, 1.54) is 25.7 Å². The van der Waals surface area contributed by atoms with Crippen LogP contribution in [0.4, 0.5) is 0 Å². The van der Waals surface area contributed by atoms with E-state index >= 15 is 0 Å². The van der Waals surface area contributed by atoms with Crippen LogP contribution in [0.1, 0.15) is 65.2 Å². The molecule has 0 aromatic heterocycles. The number of ether oxygens (including phenoxy) is 2. The molecule has 17 heavy (non-hydrogen) atoms. The Morgan fingerprint density at radius 2 is 1.47 bits per heavy atom. The zero-order chi connectivity index (χ0) is 12.8. The van der Waals surface area contributed by atoms with Crippen molar-refractivity contribution in [3.63, 3.8) is 0 Å². The molecule has 0 aliphatic carbocycles. The first-order chi connectivity index (χ1) is 8.35. The third-order valence-corrected chi connectivity index (χ3v) is 2.60. The minimum absolute atomic E-state index is 0.177. The maximum absolute atomic E-state index is 8.57. The van der Waals surface area contributed by atoms with Crippen LogP contribution in [0.15, 0.2) is 0 Å². The lowest BCUT2D eigenvalue weighted by Crippen LogP contribution is -2.18. The average Bonchev–Trinajstić information content (AvgIpc) is 2.35. The Morgan fingerprint density at radius 1 is 0.941 bits per heavy atom. The summed E-state index contributed by atoms with van der Waals surface area (Å²) in [4.78, 5) is 0. The molecule has 0 N–H and O–H groups in total. The maximum Gasteiger partial charge on any atom is 0.158 e. The number of unbranched alkanes of at least 4 members (excludes halogenated alkanes) is 4. The summed E-state index contributed by atoms with van der Waals surface area (Å²) in [6.07, 6.45) is 7.97. The summed E-state index contributed by atoms with van der Waals surface area (Å²) in [5.41, 5.74) is 0. The Kier molecular flexibility index (Phi) is 13.0. The van der Waals surface area contributed by atoms with Crippen LogP contribution in [0.25, 0.3) is 0 Å². The predicted octanol–water partition coefficient (Wildman–Crippen LogP) is 4.03. The van der Waals surface area contributed by atoms with Crippen LogP contribution in [0.5, 0.6) is 0 Å². The molecule has 3 heteroatoms. The zero-order valence-electron chi connectivity index (χ0n) is 11.4. The van der Waals surface area contributed by atoms with Gasteiger partial charge < -0.3 is 9.47 Å². The summed E-state index contributed by atoms with van der Waals surface area (Å²) in [7, 11) is 0. The van der Waals surface area contributed by atoms with Crippen molar-refractivity contribution in [2.24, 2.45) is 0 Å². The molecule has 0 bridgehead atoms. The first-order valence-corrected chi connectivity index (χ1v) is 6.95. The highest BCUT2D eigenvalue weighted by atomic mass is 16.7. The van der Waals surface area contributed by atoms with E-state index < -0.39 is 0 Å². The first-order valence-electron chi connectivity index (χ1n) is 6.95. The molecule has 100 valence electrons. The summed E-state index contributed by atoms with van der Waals surface area (Å²) in [5.74, 6) is 0. The topological polar surface area (TPSA) is 42.2 Å². The van der Waals surface area contributed by atoms with Gasteiger partial charge in [-0.3, -0.25) is 0 Å². The molecular weight excluding hydrogens is 214 g/mol. The smallest absolute Gasteiger partial charge is 0.158 e. The summed E-state index contributed by atoms with van der Waals surface area (Å²) in [5, 5.41) is 8.57. The number of nitrogens with zero attached hydrogens (tertiary/aromatic N) is 1. The molecule has 0 aliphatic heterocycles. The van der Waals surface area contributed by atoms with Crippen molar-refractivity contribution < 1.29 is 9.47 Å². The molecule has 0 amide bonds. The molecule has 0 radical (unpaired) electrons. The number of hydrogen-bond acceptors (Lipinski definition) is 3. The van der Waals surface area contributed by atoms with Gasteiger partial charge in [0.15, 0.2) is 6.29 Å². The average molecular weight is 241 g/mol. The Hall–Kier alpha value is -0.590. The van der Waals surface area contributed by atoms with E-state index in [4.69, 9.17) is 14.7 Å². The van der Waals surface area contributed by atoms with Gasteiger partial charge >= 0.3 is 0 Å². The van der Waals surface area contributed by atoms with Gasteiger partial charge in [0, 0.05) is 26.1 Å². The highest BCUT2D eigenvalue weighted by molar-refractivity contribution is 4.69. The van der Waals surface area contributed by atoms with E-state index in [1.807, 2.05) is 0 Å². The highest BCUT2D eigenvalue weighted by Gasteiger charge is 2.08. The van der Waals surface area contributed by atoms with Crippen molar-refractivity contribution >= 4 is 0 Å². The molecular formula is C14H27NO2. The van der Waals surface area contributed by atoms with Gasteiger partial charge in [-0.15, -0.1) is 0 Å². The number of hydrogen-bond donors (Lipinski definition) is 0. The molecule has 0 rings (SSSR count).